The van der Waals surface area contributed by atoms with E-state index in [1.54, 1.807) is 0 Å². The molecule has 1 rings (SSSR count). The van der Waals surface area contributed by atoms with Crippen LogP contribution in [-0.2, 0) is 9.53 Å². The van der Waals surface area contributed by atoms with Gasteiger partial charge in [-0.2, -0.15) is 0 Å². The lowest BCUT2D eigenvalue weighted by Gasteiger charge is -2.36. The van der Waals surface area contributed by atoms with Crippen molar-refractivity contribution < 1.29 is 9.53 Å². The molecule has 1 saturated heterocycles. The Morgan fingerprint density at radius 2 is 2.22 bits per heavy atom. The van der Waals surface area contributed by atoms with Gasteiger partial charge in [-0.3, -0.25) is 4.79 Å². The molecule has 4 nitrogen and oxygen atoms in total. The second-order valence-electron chi connectivity index (χ2n) is 5.12. The van der Waals surface area contributed by atoms with Crippen molar-refractivity contribution in [2.45, 2.75) is 64.5 Å². The molecule has 106 valence electrons. The van der Waals surface area contributed by atoms with E-state index in [2.05, 4.69) is 11.8 Å². The molecule has 1 heterocycles. The highest BCUT2D eigenvalue weighted by molar-refractivity contribution is 5.75. The molecule has 1 aliphatic rings. The van der Waals surface area contributed by atoms with Crippen LogP contribution in [0.3, 0.4) is 0 Å². The van der Waals surface area contributed by atoms with Gasteiger partial charge in [-0.25, -0.2) is 0 Å². The molecule has 1 aliphatic heterocycles. The molecule has 0 spiro atoms. The zero-order valence-corrected chi connectivity index (χ0v) is 11.9. The first kappa shape index (κ1) is 15.4. The van der Waals surface area contributed by atoms with Gasteiger partial charge in [0, 0.05) is 12.6 Å². The van der Waals surface area contributed by atoms with Crippen LogP contribution in [0.4, 0.5) is 0 Å². The average molecular weight is 256 g/mol. The lowest BCUT2D eigenvalue weighted by Crippen LogP contribution is -2.43. The number of hydrogen-bond acceptors (Lipinski definition) is 4. The maximum Gasteiger partial charge on any atom is 0.322 e. The van der Waals surface area contributed by atoms with Crippen LogP contribution in [0.2, 0.25) is 0 Å². The third kappa shape index (κ3) is 4.94. The van der Waals surface area contributed by atoms with E-state index in [1.165, 1.54) is 32.1 Å². The maximum atomic E-state index is 11.5. The summed E-state index contributed by atoms with van der Waals surface area (Å²) in [6.07, 6.45) is 7.10. The molecule has 0 aliphatic carbocycles. The Balaban J connectivity index is 2.33. The second-order valence-corrected chi connectivity index (χ2v) is 5.12. The number of ether oxygens (including phenoxy) is 1. The molecule has 4 heteroatoms. The normalized spacial score (nSPS) is 22.7. The molecule has 1 fully saturated rings. The van der Waals surface area contributed by atoms with Gasteiger partial charge in [0.25, 0.3) is 0 Å². The molecule has 0 bridgehead atoms. The topological polar surface area (TPSA) is 55.6 Å². The quantitative estimate of drug-likeness (QED) is 0.707. The van der Waals surface area contributed by atoms with Gasteiger partial charge in [0.2, 0.25) is 0 Å². The molecule has 0 aromatic heterocycles. The number of carbonyl (C=O) groups excluding carboxylic acids is 1. The van der Waals surface area contributed by atoms with Crippen molar-refractivity contribution in [2.75, 3.05) is 19.7 Å². The molecular weight excluding hydrogens is 228 g/mol. The van der Waals surface area contributed by atoms with Crippen LogP contribution in [0.15, 0.2) is 0 Å². The zero-order chi connectivity index (χ0) is 13.4. The van der Waals surface area contributed by atoms with E-state index in [0.717, 1.165) is 13.1 Å². The number of rotatable bonds is 7. The third-order valence-electron chi connectivity index (χ3n) is 3.69. The number of hydrogen-bond donors (Lipinski definition) is 1. The summed E-state index contributed by atoms with van der Waals surface area (Å²) in [4.78, 5) is 14.0. The number of esters is 1. The predicted octanol–water partition coefficient (Wildman–Crippen LogP) is 1.92. The third-order valence-corrected chi connectivity index (χ3v) is 3.69. The van der Waals surface area contributed by atoms with Crippen LogP contribution >= 0.6 is 0 Å². The van der Waals surface area contributed by atoms with Crippen molar-refractivity contribution in [1.82, 2.24) is 4.90 Å². The van der Waals surface area contributed by atoms with Crippen LogP contribution < -0.4 is 5.73 Å². The fraction of sp³-hybridized carbons (Fsp3) is 0.929. The molecule has 0 radical (unpaired) electrons. The largest absolute Gasteiger partial charge is 0.465 e. The van der Waals surface area contributed by atoms with Crippen molar-refractivity contribution >= 4 is 5.97 Å². The summed E-state index contributed by atoms with van der Waals surface area (Å²) >= 11 is 0. The predicted molar refractivity (Wildman–Crippen MR) is 73.3 cm³/mol. The molecule has 2 N–H and O–H groups in total. The highest BCUT2D eigenvalue weighted by Gasteiger charge is 2.23. The van der Waals surface area contributed by atoms with Crippen LogP contribution in [0.5, 0.6) is 0 Å². The molecule has 0 aromatic carbocycles. The second kappa shape index (κ2) is 8.48. The fourth-order valence-corrected chi connectivity index (χ4v) is 2.69. The standard InChI is InChI=1S/C14H28N2O2/c1-3-7-12-8-5-6-10-16(12)11-9-13(15)14(17)18-4-2/h12-13H,3-11,15H2,1-2H3. The maximum absolute atomic E-state index is 11.5. The van der Waals surface area contributed by atoms with Crippen molar-refractivity contribution in [2.24, 2.45) is 5.73 Å². The van der Waals surface area contributed by atoms with Gasteiger partial charge in [0.15, 0.2) is 0 Å². The molecule has 0 aromatic rings. The minimum absolute atomic E-state index is 0.262. The van der Waals surface area contributed by atoms with Crippen LogP contribution in [-0.4, -0.2) is 42.6 Å². The molecule has 0 amide bonds. The first-order valence-corrected chi connectivity index (χ1v) is 7.35. The molecule has 2 unspecified atom stereocenters. The molecular formula is C14H28N2O2. The average Bonchev–Trinajstić information content (AvgIpc) is 2.38. The summed E-state index contributed by atoms with van der Waals surface area (Å²) < 4.78 is 4.94. The van der Waals surface area contributed by atoms with Crippen molar-refractivity contribution in [3.63, 3.8) is 0 Å². The minimum Gasteiger partial charge on any atom is -0.465 e. The smallest absolute Gasteiger partial charge is 0.322 e. The van der Waals surface area contributed by atoms with Crippen LogP contribution in [0, 0.1) is 0 Å². The Morgan fingerprint density at radius 1 is 1.44 bits per heavy atom. The van der Waals surface area contributed by atoms with E-state index in [1.807, 2.05) is 6.92 Å². The number of carbonyl (C=O) groups is 1. The summed E-state index contributed by atoms with van der Waals surface area (Å²) in [6, 6.07) is 0.229. The minimum atomic E-state index is -0.464. The van der Waals surface area contributed by atoms with Gasteiger partial charge in [-0.15, -0.1) is 0 Å². The van der Waals surface area contributed by atoms with Gasteiger partial charge >= 0.3 is 5.97 Å². The number of piperidine rings is 1. The Bertz CT molecular complexity index is 244. The Morgan fingerprint density at radius 3 is 2.89 bits per heavy atom. The van der Waals surface area contributed by atoms with Gasteiger partial charge in [-0.05, 0) is 39.2 Å². The lowest BCUT2D eigenvalue weighted by molar-refractivity contribution is -0.145. The monoisotopic (exact) mass is 256 g/mol. The Labute approximate surface area is 111 Å². The summed E-state index contributed by atoms with van der Waals surface area (Å²) in [7, 11) is 0. The SMILES string of the molecule is CCCC1CCCCN1CCC(N)C(=O)OCC. The summed E-state index contributed by atoms with van der Waals surface area (Å²) in [6.45, 7) is 6.53. The summed E-state index contributed by atoms with van der Waals surface area (Å²) in [5.74, 6) is -0.262. The number of likely N-dealkylation sites (tertiary alicyclic amines) is 1. The van der Waals surface area contributed by atoms with E-state index in [-0.39, 0.29) is 5.97 Å². The zero-order valence-electron chi connectivity index (χ0n) is 11.9. The summed E-state index contributed by atoms with van der Waals surface area (Å²) in [5, 5.41) is 0. The number of nitrogens with zero attached hydrogens (tertiary/aromatic N) is 1. The van der Waals surface area contributed by atoms with Gasteiger partial charge in [0.05, 0.1) is 6.61 Å². The Hall–Kier alpha value is -0.610. The highest BCUT2D eigenvalue weighted by Crippen LogP contribution is 2.21. The number of nitrogens with two attached hydrogens (primary N) is 1. The van der Waals surface area contributed by atoms with Gasteiger partial charge in [-0.1, -0.05) is 19.8 Å². The summed E-state index contributed by atoms with van der Waals surface area (Å²) in [5.41, 5.74) is 5.84. The Kier molecular flexibility index (Phi) is 7.28. The van der Waals surface area contributed by atoms with Crippen molar-refractivity contribution in [1.29, 1.82) is 0 Å². The van der Waals surface area contributed by atoms with E-state index in [0.29, 0.717) is 19.1 Å². The molecule has 18 heavy (non-hydrogen) atoms. The highest BCUT2D eigenvalue weighted by atomic mass is 16.5. The van der Waals surface area contributed by atoms with Crippen molar-refractivity contribution in [3.05, 3.63) is 0 Å². The van der Waals surface area contributed by atoms with Gasteiger partial charge in [0.1, 0.15) is 6.04 Å². The fourth-order valence-electron chi connectivity index (χ4n) is 2.69. The van der Waals surface area contributed by atoms with E-state index < -0.39 is 6.04 Å². The van der Waals surface area contributed by atoms with E-state index in [9.17, 15) is 4.79 Å². The van der Waals surface area contributed by atoms with Crippen LogP contribution in [0.1, 0.15) is 52.4 Å². The molecule has 0 saturated carbocycles. The van der Waals surface area contributed by atoms with E-state index >= 15 is 0 Å². The van der Waals surface area contributed by atoms with Crippen molar-refractivity contribution in [3.8, 4) is 0 Å². The molecule has 2 atom stereocenters. The first-order chi connectivity index (χ1) is 8.69. The van der Waals surface area contributed by atoms with Gasteiger partial charge < -0.3 is 15.4 Å². The van der Waals surface area contributed by atoms with E-state index in [4.69, 9.17) is 10.5 Å². The first-order valence-electron chi connectivity index (χ1n) is 7.35. The van der Waals surface area contributed by atoms with Crippen LogP contribution in [0.25, 0.3) is 0 Å². The lowest BCUT2D eigenvalue weighted by atomic mass is 9.97.